The molecule has 0 radical (unpaired) electrons. The number of piperidine rings is 1. The summed E-state index contributed by atoms with van der Waals surface area (Å²) >= 11 is 0. The maximum Gasteiger partial charge on any atom is 0.252 e. The normalized spacial score (nSPS) is 19.2. The maximum atomic E-state index is 5.44. The molecule has 0 saturated carbocycles. The highest BCUT2D eigenvalue weighted by atomic mass is 16.5. The zero-order chi connectivity index (χ0) is 14.2. The van der Waals surface area contributed by atoms with Crippen molar-refractivity contribution in [2.24, 2.45) is 0 Å². The van der Waals surface area contributed by atoms with E-state index >= 15 is 0 Å². The van der Waals surface area contributed by atoms with Crippen molar-refractivity contribution in [2.45, 2.75) is 25.7 Å². The van der Waals surface area contributed by atoms with Gasteiger partial charge in [0.2, 0.25) is 0 Å². The van der Waals surface area contributed by atoms with Gasteiger partial charge < -0.3 is 9.84 Å². The fourth-order valence-corrected chi connectivity index (χ4v) is 2.95. The van der Waals surface area contributed by atoms with E-state index in [1.54, 1.807) is 0 Å². The summed E-state index contributed by atoms with van der Waals surface area (Å²) in [6, 6.07) is 1.93. The van der Waals surface area contributed by atoms with Crippen LogP contribution in [0, 0.1) is 6.92 Å². The summed E-state index contributed by atoms with van der Waals surface area (Å²) in [6.07, 6.45) is 5.62. The van der Waals surface area contributed by atoms with Gasteiger partial charge in [0.1, 0.15) is 6.33 Å². The van der Waals surface area contributed by atoms with E-state index in [4.69, 9.17) is 4.52 Å². The molecule has 1 fully saturated rings. The predicted octanol–water partition coefficient (Wildman–Crippen LogP) is 1.55. The first-order chi connectivity index (χ1) is 10.3. The highest BCUT2D eigenvalue weighted by Crippen LogP contribution is 2.32. The van der Waals surface area contributed by atoms with Crippen molar-refractivity contribution in [1.82, 2.24) is 30.1 Å². The van der Waals surface area contributed by atoms with E-state index in [9.17, 15) is 0 Å². The van der Waals surface area contributed by atoms with E-state index in [1.807, 2.05) is 23.7 Å². The second kappa shape index (κ2) is 4.92. The van der Waals surface area contributed by atoms with Gasteiger partial charge in [-0.2, -0.15) is 10.1 Å². The molecule has 1 aliphatic heterocycles. The lowest BCUT2D eigenvalue weighted by Crippen LogP contribution is -2.30. The maximum absolute atomic E-state index is 5.44. The Morgan fingerprint density at radius 3 is 3.10 bits per heavy atom. The van der Waals surface area contributed by atoms with Crippen molar-refractivity contribution >= 4 is 5.78 Å². The lowest BCUT2D eigenvalue weighted by molar-refractivity contribution is 0.421. The molecule has 3 aromatic heterocycles. The second-order valence-corrected chi connectivity index (χ2v) is 5.40. The lowest BCUT2D eigenvalue weighted by atomic mass is 9.92. The van der Waals surface area contributed by atoms with Crippen molar-refractivity contribution in [2.75, 3.05) is 13.1 Å². The summed E-state index contributed by atoms with van der Waals surface area (Å²) in [5.41, 5.74) is 2.90. The van der Waals surface area contributed by atoms with Crippen LogP contribution in [0.5, 0.6) is 0 Å². The number of aryl methyl sites for hydroxylation is 1. The van der Waals surface area contributed by atoms with Gasteiger partial charge in [0.15, 0.2) is 5.76 Å². The first-order valence-corrected chi connectivity index (χ1v) is 7.16. The van der Waals surface area contributed by atoms with Crippen LogP contribution in [-0.2, 0) is 0 Å². The van der Waals surface area contributed by atoms with Gasteiger partial charge in [-0.3, -0.25) is 0 Å². The largest absolute Gasteiger partial charge is 0.356 e. The van der Waals surface area contributed by atoms with Gasteiger partial charge in [-0.05, 0) is 26.3 Å². The number of nitrogens with zero attached hydrogens (tertiary/aromatic N) is 5. The van der Waals surface area contributed by atoms with Crippen LogP contribution in [-0.4, -0.2) is 37.8 Å². The van der Waals surface area contributed by atoms with Crippen LogP contribution < -0.4 is 5.32 Å². The summed E-state index contributed by atoms with van der Waals surface area (Å²) in [7, 11) is 0. The van der Waals surface area contributed by atoms with Gasteiger partial charge in [-0.25, -0.2) is 9.50 Å². The number of hydrogen-bond donors (Lipinski definition) is 1. The van der Waals surface area contributed by atoms with E-state index in [0.29, 0.717) is 11.7 Å². The summed E-state index contributed by atoms with van der Waals surface area (Å²) < 4.78 is 7.26. The van der Waals surface area contributed by atoms with Crippen LogP contribution in [0.2, 0.25) is 0 Å². The number of aromatic nitrogens is 5. The van der Waals surface area contributed by atoms with Crippen LogP contribution in [0.25, 0.3) is 17.1 Å². The minimum absolute atomic E-state index is 0.367. The van der Waals surface area contributed by atoms with Gasteiger partial charge >= 0.3 is 0 Å². The van der Waals surface area contributed by atoms with Gasteiger partial charge in [-0.15, -0.1) is 0 Å². The van der Waals surface area contributed by atoms with E-state index in [0.717, 1.165) is 48.6 Å². The second-order valence-electron chi connectivity index (χ2n) is 5.40. The zero-order valence-corrected chi connectivity index (χ0v) is 11.8. The van der Waals surface area contributed by atoms with Crippen LogP contribution in [0.15, 0.2) is 23.1 Å². The highest BCUT2D eigenvalue weighted by Gasteiger charge is 2.24. The quantitative estimate of drug-likeness (QED) is 0.769. The average Bonchev–Trinajstić information content (AvgIpc) is 3.15. The fraction of sp³-hybridized carbons (Fsp3) is 0.429. The number of rotatable bonds is 2. The first kappa shape index (κ1) is 12.5. The number of nitrogens with one attached hydrogen (secondary N) is 1. The smallest absolute Gasteiger partial charge is 0.252 e. The fourth-order valence-electron chi connectivity index (χ4n) is 2.95. The van der Waals surface area contributed by atoms with Gasteiger partial charge in [-0.1, -0.05) is 5.16 Å². The monoisotopic (exact) mass is 284 g/mol. The molecule has 0 spiro atoms. The van der Waals surface area contributed by atoms with Crippen molar-refractivity contribution in [3.8, 4) is 11.3 Å². The molecule has 1 unspecified atom stereocenters. The van der Waals surface area contributed by atoms with Gasteiger partial charge in [0.25, 0.3) is 5.78 Å². The molecule has 4 rings (SSSR count). The standard InChI is InChI=1S/C14H16N6O/c1-9-5-12(21-19-9)11-7-16-14-17-8-18-20(14)13(11)10-3-2-4-15-6-10/h5,7-8,10,15H,2-4,6H2,1H3. The van der Waals surface area contributed by atoms with Crippen LogP contribution >= 0.6 is 0 Å². The molecular formula is C14H16N6O. The molecule has 7 heteroatoms. The number of fused-ring (bicyclic) bond motifs is 1. The molecule has 0 aromatic carbocycles. The van der Waals surface area contributed by atoms with Crippen molar-refractivity contribution in [3.05, 3.63) is 30.0 Å². The van der Waals surface area contributed by atoms with Gasteiger partial charge in [0.05, 0.1) is 17.0 Å². The molecule has 0 aliphatic carbocycles. The van der Waals surface area contributed by atoms with Crippen LogP contribution in [0.4, 0.5) is 0 Å². The Balaban J connectivity index is 1.92. The Bertz CT molecular complexity index is 771. The Hall–Kier alpha value is -2.28. The van der Waals surface area contributed by atoms with Crippen LogP contribution in [0.1, 0.15) is 30.1 Å². The first-order valence-electron chi connectivity index (χ1n) is 7.16. The number of hydrogen-bond acceptors (Lipinski definition) is 6. The summed E-state index contributed by atoms with van der Waals surface area (Å²) in [4.78, 5) is 8.55. The van der Waals surface area contributed by atoms with E-state index in [2.05, 4.69) is 25.5 Å². The molecule has 1 N–H and O–H groups in total. The molecule has 108 valence electrons. The third-order valence-corrected chi connectivity index (χ3v) is 3.92. The molecule has 4 heterocycles. The SMILES string of the molecule is Cc1cc(-c2cnc3ncnn3c2C2CCCNC2)on1. The molecule has 1 atom stereocenters. The third kappa shape index (κ3) is 2.09. The Morgan fingerprint density at radius 2 is 2.33 bits per heavy atom. The summed E-state index contributed by atoms with van der Waals surface area (Å²) in [5.74, 6) is 1.72. The van der Waals surface area contributed by atoms with E-state index < -0.39 is 0 Å². The lowest BCUT2D eigenvalue weighted by Gasteiger charge is -2.24. The highest BCUT2D eigenvalue weighted by molar-refractivity contribution is 5.62. The minimum Gasteiger partial charge on any atom is -0.356 e. The summed E-state index contributed by atoms with van der Waals surface area (Å²) in [5, 5.41) is 11.8. The summed E-state index contributed by atoms with van der Waals surface area (Å²) in [6.45, 7) is 3.91. The molecule has 3 aromatic rings. The third-order valence-electron chi connectivity index (χ3n) is 3.92. The van der Waals surface area contributed by atoms with Crippen molar-refractivity contribution in [1.29, 1.82) is 0 Å². The topological polar surface area (TPSA) is 81.1 Å². The molecular weight excluding hydrogens is 268 g/mol. The van der Waals surface area contributed by atoms with Crippen LogP contribution in [0.3, 0.4) is 0 Å². The van der Waals surface area contributed by atoms with Crippen molar-refractivity contribution < 1.29 is 4.52 Å². The molecule has 0 amide bonds. The molecule has 1 saturated heterocycles. The van der Waals surface area contributed by atoms with Gasteiger partial charge in [0, 0.05) is 24.7 Å². The molecule has 0 bridgehead atoms. The van der Waals surface area contributed by atoms with Crippen molar-refractivity contribution in [3.63, 3.8) is 0 Å². The Kier molecular flexibility index (Phi) is 2.92. The van der Waals surface area contributed by atoms with E-state index in [1.165, 1.54) is 6.33 Å². The van der Waals surface area contributed by atoms with E-state index in [-0.39, 0.29) is 0 Å². The minimum atomic E-state index is 0.367. The zero-order valence-electron chi connectivity index (χ0n) is 11.8. The predicted molar refractivity (Wildman–Crippen MR) is 75.9 cm³/mol. The molecule has 1 aliphatic rings. The molecule has 7 nitrogen and oxygen atoms in total. The Morgan fingerprint density at radius 1 is 1.38 bits per heavy atom. The average molecular weight is 284 g/mol. The Labute approximate surface area is 121 Å². The molecule has 21 heavy (non-hydrogen) atoms.